The molecule has 0 saturated carbocycles. The van der Waals surface area contributed by atoms with Gasteiger partial charge in [0.05, 0.1) is 16.3 Å². The first-order chi connectivity index (χ1) is 14.6. The maximum atomic E-state index is 12.7. The van der Waals surface area contributed by atoms with Crippen LogP contribution < -0.4 is 0 Å². The second-order valence-corrected chi connectivity index (χ2v) is 8.87. The third kappa shape index (κ3) is 4.88. The Balaban J connectivity index is 1.32. The van der Waals surface area contributed by atoms with Crippen molar-refractivity contribution in [2.75, 3.05) is 31.9 Å². The van der Waals surface area contributed by atoms with E-state index in [1.807, 2.05) is 70.6 Å². The summed E-state index contributed by atoms with van der Waals surface area (Å²) in [4.78, 5) is 38.6. The summed E-state index contributed by atoms with van der Waals surface area (Å²) in [5.41, 5.74) is 2.76. The lowest BCUT2D eigenvalue weighted by Gasteiger charge is -2.34. The number of hydrogen-bond acceptors (Lipinski definition) is 6. The van der Waals surface area contributed by atoms with Crippen molar-refractivity contribution < 1.29 is 9.59 Å². The summed E-state index contributed by atoms with van der Waals surface area (Å²) >= 11 is 2.81. The number of thiophene rings is 1. The lowest BCUT2D eigenvalue weighted by Crippen LogP contribution is -2.51. The van der Waals surface area contributed by atoms with E-state index in [1.54, 1.807) is 0 Å². The minimum Gasteiger partial charge on any atom is -0.338 e. The number of rotatable bonds is 5. The van der Waals surface area contributed by atoms with Gasteiger partial charge in [0, 0.05) is 37.4 Å². The van der Waals surface area contributed by atoms with Crippen molar-refractivity contribution in [3.8, 4) is 11.3 Å². The fourth-order valence-electron chi connectivity index (χ4n) is 3.30. The van der Waals surface area contributed by atoms with E-state index < -0.39 is 0 Å². The Hall–Kier alpha value is -2.71. The quantitative estimate of drug-likeness (QED) is 0.450. The number of hydrogen-bond donors (Lipinski definition) is 0. The largest absolute Gasteiger partial charge is 0.338 e. The zero-order valence-electron chi connectivity index (χ0n) is 16.7. The van der Waals surface area contributed by atoms with Crippen molar-refractivity contribution in [2.24, 2.45) is 0 Å². The molecule has 0 bridgehead atoms. The van der Waals surface area contributed by atoms with Crippen LogP contribution in [-0.4, -0.2) is 63.5 Å². The monoisotopic (exact) mass is 438 g/mol. The summed E-state index contributed by atoms with van der Waals surface area (Å²) in [5, 5.41) is 2.51. The lowest BCUT2D eigenvalue weighted by atomic mass is 10.1. The van der Waals surface area contributed by atoms with Gasteiger partial charge < -0.3 is 9.80 Å². The van der Waals surface area contributed by atoms with Crippen LogP contribution in [0.15, 0.2) is 59.1 Å². The molecule has 0 spiro atoms. The first-order valence-electron chi connectivity index (χ1n) is 9.74. The number of aromatic nitrogens is 2. The molecule has 8 heteroatoms. The Bertz CT molecular complexity index is 1020. The van der Waals surface area contributed by atoms with Crippen molar-refractivity contribution in [3.63, 3.8) is 0 Å². The molecule has 1 aliphatic heterocycles. The molecule has 1 aliphatic rings. The summed E-state index contributed by atoms with van der Waals surface area (Å²) in [7, 11) is 0. The number of aryl methyl sites for hydroxylation is 1. The Kier molecular flexibility index (Phi) is 6.44. The minimum atomic E-state index is 0.0491. The zero-order valence-corrected chi connectivity index (χ0v) is 18.3. The Morgan fingerprint density at radius 2 is 1.73 bits per heavy atom. The van der Waals surface area contributed by atoms with Crippen molar-refractivity contribution in [1.29, 1.82) is 0 Å². The molecular weight excluding hydrogens is 416 g/mol. The van der Waals surface area contributed by atoms with Gasteiger partial charge in [-0.05, 0) is 24.4 Å². The van der Waals surface area contributed by atoms with Crippen LogP contribution in [0.25, 0.3) is 11.3 Å². The second-order valence-electron chi connectivity index (χ2n) is 6.98. The predicted molar refractivity (Wildman–Crippen MR) is 120 cm³/mol. The number of nitrogens with zero attached hydrogens (tertiary/aromatic N) is 4. The first kappa shape index (κ1) is 20.6. The van der Waals surface area contributed by atoms with Gasteiger partial charge in [-0.15, -0.1) is 11.3 Å². The van der Waals surface area contributed by atoms with Crippen LogP contribution in [0, 0.1) is 6.92 Å². The van der Waals surface area contributed by atoms with Crippen LogP contribution in [0.5, 0.6) is 0 Å². The first-order valence-corrected chi connectivity index (χ1v) is 11.6. The van der Waals surface area contributed by atoms with Crippen molar-refractivity contribution >= 4 is 34.9 Å². The molecule has 0 atom stereocenters. The van der Waals surface area contributed by atoms with E-state index in [-0.39, 0.29) is 17.6 Å². The van der Waals surface area contributed by atoms with Gasteiger partial charge in [0.25, 0.3) is 5.91 Å². The van der Waals surface area contributed by atoms with Crippen LogP contribution in [0.4, 0.5) is 0 Å². The standard InChI is InChI=1S/C22H22N4O2S2/c1-16-14-18(17-6-3-2-4-7-17)24-22(23-16)30-15-20(27)25-9-11-26(12-10-25)21(28)19-8-5-13-29-19/h2-8,13-14H,9-12,15H2,1H3. The predicted octanol–water partition coefficient (Wildman–Crippen LogP) is 3.59. The van der Waals surface area contributed by atoms with Crippen LogP contribution in [-0.2, 0) is 4.79 Å². The number of benzene rings is 1. The molecular formula is C22H22N4O2S2. The van der Waals surface area contributed by atoms with E-state index in [9.17, 15) is 9.59 Å². The molecule has 3 heterocycles. The SMILES string of the molecule is Cc1cc(-c2ccccc2)nc(SCC(=O)N2CCN(C(=O)c3cccs3)CC2)n1. The summed E-state index contributed by atoms with van der Waals surface area (Å²) in [6.45, 7) is 4.17. The summed E-state index contributed by atoms with van der Waals surface area (Å²) in [6, 6.07) is 15.6. The average molecular weight is 439 g/mol. The van der Waals surface area contributed by atoms with Crippen LogP contribution >= 0.6 is 23.1 Å². The van der Waals surface area contributed by atoms with Gasteiger partial charge in [-0.2, -0.15) is 0 Å². The number of amides is 2. The van der Waals surface area contributed by atoms with Crippen LogP contribution in [0.1, 0.15) is 15.4 Å². The number of thioether (sulfide) groups is 1. The van der Waals surface area contributed by atoms with E-state index >= 15 is 0 Å². The Labute approximate surface area is 184 Å². The number of carbonyl (C=O) groups is 2. The van der Waals surface area contributed by atoms with Crippen molar-refractivity contribution in [3.05, 3.63) is 64.5 Å². The minimum absolute atomic E-state index is 0.0491. The average Bonchev–Trinajstić information content (AvgIpc) is 3.32. The summed E-state index contributed by atoms with van der Waals surface area (Å²) in [5.74, 6) is 0.388. The molecule has 2 amide bonds. The molecule has 6 nitrogen and oxygen atoms in total. The highest BCUT2D eigenvalue weighted by molar-refractivity contribution is 7.99. The van der Waals surface area contributed by atoms with Gasteiger partial charge in [0.1, 0.15) is 0 Å². The van der Waals surface area contributed by atoms with Gasteiger partial charge in [0.15, 0.2) is 5.16 Å². The molecule has 0 N–H and O–H groups in total. The third-order valence-electron chi connectivity index (χ3n) is 4.88. The van der Waals surface area contributed by atoms with Crippen molar-refractivity contribution in [2.45, 2.75) is 12.1 Å². The van der Waals surface area contributed by atoms with Crippen LogP contribution in [0.2, 0.25) is 0 Å². The molecule has 4 rings (SSSR count). The second kappa shape index (κ2) is 9.40. The molecule has 1 fully saturated rings. The number of piperazine rings is 1. The van der Waals surface area contributed by atoms with Gasteiger partial charge in [-0.25, -0.2) is 9.97 Å². The van der Waals surface area contributed by atoms with Gasteiger partial charge in [-0.1, -0.05) is 48.2 Å². The maximum Gasteiger partial charge on any atom is 0.264 e. The Morgan fingerprint density at radius 1 is 1.00 bits per heavy atom. The fourth-order valence-corrected chi connectivity index (χ4v) is 4.79. The van der Waals surface area contributed by atoms with Crippen molar-refractivity contribution in [1.82, 2.24) is 19.8 Å². The van der Waals surface area contributed by atoms with Gasteiger partial charge in [-0.3, -0.25) is 9.59 Å². The topological polar surface area (TPSA) is 66.4 Å². The van der Waals surface area contributed by atoms with E-state index in [2.05, 4.69) is 9.97 Å². The molecule has 2 aromatic heterocycles. The van der Waals surface area contributed by atoms with E-state index in [0.29, 0.717) is 31.3 Å². The molecule has 0 aliphatic carbocycles. The summed E-state index contributed by atoms with van der Waals surface area (Å²) < 4.78 is 0. The molecule has 0 unspecified atom stereocenters. The fraction of sp³-hybridized carbons (Fsp3) is 0.273. The molecule has 30 heavy (non-hydrogen) atoms. The molecule has 154 valence electrons. The highest BCUT2D eigenvalue weighted by atomic mass is 32.2. The molecule has 0 radical (unpaired) electrons. The lowest BCUT2D eigenvalue weighted by molar-refractivity contribution is -0.129. The smallest absolute Gasteiger partial charge is 0.264 e. The molecule has 1 saturated heterocycles. The third-order valence-corrected chi connectivity index (χ3v) is 6.57. The van der Waals surface area contributed by atoms with Gasteiger partial charge in [0.2, 0.25) is 5.91 Å². The van der Waals surface area contributed by atoms with Gasteiger partial charge >= 0.3 is 0 Å². The molecule has 3 aromatic rings. The maximum absolute atomic E-state index is 12.7. The molecule has 1 aromatic carbocycles. The zero-order chi connectivity index (χ0) is 20.9. The van der Waals surface area contributed by atoms with E-state index in [0.717, 1.165) is 21.8 Å². The normalized spacial score (nSPS) is 14.0. The van der Waals surface area contributed by atoms with E-state index in [4.69, 9.17) is 0 Å². The Morgan fingerprint density at radius 3 is 2.43 bits per heavy atom. The number of carbonyl (C=O) groups excluding carboxylic acids is 2. The highest BCUT2D eigenvalue weighted by Crippen LogP contribution is 2.22. The van der Waals surface area contributed by atoms with E-state index in [1.165, 1.54) is 23.1 Å². The summed E-state index contributed by atoms with van der Waals surface area (Å²) in [6.07, 6.45) is 0. The van der Waals surface area contributed by atoms with Crippen LogP contribution in [0.3, 0.4) is 0 Å². The highest BCUT2D eigenvalue weighted by Gasteiger charge is 2.25.